The number of ether oxygens (including phenoxy) is 3. The second-order valence-electron chi connectivity index (χ2n) is 4.04. The summed E-state index contributed by atoms with van der Waals surface area (Å²) in [5.41, 5.74) is 6.73. The molecule has 1 rings (SSSR count). The van der Waals surface area contributed by atoms with Gasteiger partial charge in [-0.05, 0) is 19.8 Å². The highest BCUT2D eigenvalue weighted by molar-refractivity contribution is 5.25. The van der Waals surface area contributed by atoms with Crippen molar-refractivity contribution in [2.24, 2.45) is 5.73 Å². The first-order chi connectivity index (χ1) is 8.62. The zero-order chi connectivity index (χ0) is 13.5. The van der Waals surface area contributed by atoms with Gasteiger partial charge in [0.2, 0.25) is 11.8 Å². The Morgan fingerprint density at radius 2 is 1.94 bits per heavy atom. The average Bonchev–Trinajstić information content (AvgIpc) is 2.43. The molecule has 0 bridgehead atoms. The molecule has 2 N–H and O–H groups in total. The molecule has 102 valence electrons. The van der Waals surface area contributed by atoms with Crippen molar-refractivity contribution in [3.63, 3.8) is 0 Å². The monoisotopic (exact) mass is 255 g/mol. The van der Waals surface area contributed by atoms with E-state index < -0.39 is 0 Å². The lowest BCUT2D eigenvalue weighted by Gasteiger charge is -2.16. The van der Waals surface area contributed by atoms with Crippen LogP contribution < -0.4 is 15.2 Å². The molecule has 0 saturated carbocycles. The lowest BCUT2D eigenvalue weighted by molar-refractivity contribution is 0.107. The molecule has 0 aliphatic carbocycles. The fraction of sp³-hybridized carbons (Fsp3) is 0.667. The fourth-order valence-electron chi connectivity index (χ4n) is 1.54. The predicted octanol–water partition coefficient (Wildman–Crippen LogP) is 1.31. The highest BCUT2D eigenvalue weighted by Crippen LogP contribution is 2.25. The highest BCUT2D eigenvalue weighted by Gasteiger charge is 2.17. The van der Waals surface area contributed by atoms with Gasteiger partial charge in [0.1, 0.15) is 5.69 Å². The number of hydrogen-bond donors (Lipinski definition) is 1. The third-order valence-electron chi connectivity index (χ3n) is 2.79. The molecule has 6 heteroatoms. The molecule has 0 aliphatic heterocycles. The Hall–Kier alpha value is -1.40. The topological polar surface area (TPSA) is 79.5 Å². The Bertz CT molecular complexity index is 374. The molecule has 6 nitrogen and oxygen atoms in total. The van der Waals surface area contributed by atoms with Gasteiger partial charge in [-0.3, -0.25) is 0 Å². The van der Waals surface area contributed by atoms with Crippen molar-refractivity contribution in [2.45, 2.75) is 31.9 Å². The SMILES string of the molecule is COc1cnc(C(N)CCC(C)OC)c(OC)n1. The summed E-state index contributed by atoms with van der Waals surface area (Å²) in [6.07, 6.45) is 3.33. The molecule has 0 amide bonds. The maximum Gasteiger partial charge on any atom is 0.240 e. The van der Waals surface area contributed by atoms with Crippen molar-refractivity contribution in [3.05, 3.63) is 11.9 Å². The van der Waals surface area contributed by atoms with Crippen molar-refractivity contribution in [3.8, 4) is 11.8 Å². The molecule has 1 aromatic heterocycles. The van der Waals surface area contributed by atoms with Crippen LogP contribution in [-0.2, 0) is 4.74 Å². The third-order valence-corrected chi connectivity index (χ3v) is 2.79. The van der Waals surface area contributed by atoms with Crippen LogP contribution in [0.4, 0.5) is 0 Å². The summed E-state index contributed by atoms with van der Waals surface area (Å²) in [5.74, 6) is 0.819. The summed E-state index contributed by atoms with van der Waals surface area (Å²) in [7, 11) is 4.75. The second kappa shape index (κ2) is 7.13. The first kappa shape index (κ1) is 14.7. The third kappa shape index (κ3) is 3.82. The smallest absolute Gasteiger partial charge is 0.240 e. The van der Waals surface area contributed by atoms with Gasteiger partial charge in [0.15, 0.2) is 0 Å². The van der Waals surface area contributed by atoms with Gasteiger partial charge in [-0.25, -0.2) is 4.98 Å². The summed E-state index contributed by atoms with van der Waals surface area (Å²) in [5, 5.41) is 0. The lowest BCUT2D eigenvalue weighted by atomic mass is 10.1. The molecule has 18 heavy (non-hydrogen) atoms. The first-order valence-corrected chi connectivity index (χ1v) is 5.85. The van der Waals surface area contributed by atoms with E-state index >= 15 is 0 Å². The van der Waals surface area contributed by atoms with Crippen LogP contribution >= 0.6 is 0 Å². The van der Waals surface area contributed by atoms with E-state index in [0.29, 0.717) is 17.5 Å². The average molecular weight is 255 g/mol. The van der Waals surface area contributed by atoms with Crippen LogP contribution in [-0.4, -0.2) is 37.4 Å². The van der Waals surface area contributed by atoms with E-state index in [2.05, 4.69) is 9.97 Å². The largest absolute Gasteiger partial charge is 0.480 e. The van der Waals surface area contributed by atoms with E-state index in [4.69, 9.17) is 19.9 Å². The Morgan fingerprint density at radius 1 is 1.22 bits per heavy atom. The highest BCUT2D eigenvalue weighted by atomic mass is 16.5. The molecule has 0 aliphatic rings. The number of aromatic nitrogens is 2. The number of nitrogens with zero attached hydrogens (tertiary/aromatic N) is 2. The summed E-state index contributed by atoms with van der Waals surface area (Å²) in [6.45, 7) is 2.00. The Labute approximate surface area is 107 Å². The van der Waals surface area contributed by atoms with Crippen LogP contribution in [0.15, 0.2) is 6.20 Å². The minimum atomic E-state index is -0.226. The minimum absolute atomic E-state index is 0.174. The first-order valence-electron chi connectivity index (χ1n) is 5.85. The number of hydrogen-bond acceptors (Lipinski definition) is 6. The molecule has 0 radical (unpaired) electrons. The minimum Gasteiger partial charge on any atom is -0.480 e. The van der Waals surface area contributed by atoms with E-state index in [0.717, 1.165) is 12.8 Å². The van der Waals surface area contributed by atoms with Gasteiger partial charge in [-0.1, -0.05) is 0 Å². The number of nitrogens with two attached hydrogens (primary N) is 1. The number of methoxy groups -OCH3 is 3. The van der Waals surface area contributed by atoms with E-state index in [9.17, 15) is 0 Å². The molecule has 0 fully saturated rings. The second-order valence-corrected chi connectivity index (χ2v) is 4.04. The standard InChI is InChI=1S/C12H21N3O3/c1-8(16-2)5-6-9(13)11-12(18-4)15-10(17-3)7-14-11/h7-9H,5-6,13H2,1-4H3. The van der Waals surface area contributed by atoms with Gasteiger partial charge in [-0.15, -0.1) is 0 Å². The molecule has 0 saturated heterocycles. The van der Waals surface area contributed by atoms with E-state index in [1.54, 1.807) is 7.11 Å². The number of rotatable bonds is 7. The molecule has 1 aromatic rings. The summed E-state index contributed by atoms with van der Waals surface area (Å²) in [6, 6.07) is -0.226. The van der Waals surface area contributed by atoms with Crippen molar-refractivity contribution < 1.29 is 14.2 Å². The lowest BCUT2D eigenvalue weighted by Crippen LogP contribution is -2.17. The van der Waals surface area contributed by atoms with Gasteiger partial charge in [-0.2, -0.15) is 4.98 Å². The van der Waals surface area contributed by atoms with Crippen LogP contribution in [0.3, 0.4) is 0 Å². The van der Waals surface area contributed by atoms with Crippen LogP contribution in [0, 0.1) is 0 Å². The van der Waals surface area contributed by atoms with Crippen molar-refractivity contribution in [1.29, 1.82) is 0 Å². The van der Waals surface area contributed by atoms with Crippen molar-refractivity contribution in [1.82, 2.24) is 9.97 Å². The van der Waals surface area contributed by atoms with Crippen LogP contribution in [0.25, 0.3) is 0 Å². The predicted molar refractivity (Wildman–Crippen MR) is 67.8 cm³/mol. The Morgan fingerprint density at radius 3 is 2.50 bits per heavy atom. The van der Waals surface area contributed by atoms with Crippen LogP contribution in [0.5, 0.6) is 11.8 Å². The van der Waals surface area contributed by atoms with Crippen molar-refractivity contribution >= 4 is 0 Å². The maximum absolute atomic E-state index is 6.09. The normalized spacial score (nSPS) is 14.1. The molecular formula is C12H21N3O3. The molecule has 2 atom stereocenters. The van der Waals surface area contributed by atoms with E-state index in [1.165, 1.54) is 20.4 Å². The molecule has 2 unspecified atom stereocenters. The molecular weight excluding hydrogens is 234 g/mol. The fourth-order valence-corrected chi connectivity index (χ4v) is 1.54. The Balaban J connectivity index is 2.75. The van der Waals surface area contributed by atoms with E-state index in [1.807, 2.05) is 6.92 Å². The van der Waals surface area contributed by atoms with Crippen molar-refractivity contribution in [2.75, 3.05) is 21.3 Å². The van der Waals surface area contributed by atoms with Gasteiger partial charge in [0.25, 0.3) is 0 Å². The molecule has 0 aromatic carbocycles. The molecule has 0 spiro atoms. The van der Waals surface area contributed by atoms with E-state index in [-0.39, 0.29) is 12.1 Å². The quantitative estimate of drug-likeness (QED) is 0.791. The Kier molecular flexibility index (Phi) is 5.80. The summed E-state index contributed by atoms with van der Waals surface area (Å²) >= 11 is 0. The summed E-state index contributed by atoms with van der Waals surface area (Å²) < 4.78 is 15.4. The van der Waals surface area contributed by atoms with Crippen LogP contribution in [0.2, 0.25) is 0 Å². The zero-order valence-electron chi connectivity index (χ0n) is 11.3. The van der Waals surface area contributed by atoms with Crippen LogP contribution in [0.1, 0.15) is 31.5 Å². The zero-order valence-corrected chi connectivity index (χ0v) is 11.3. The van der Waals surface area contributed by atoms with Gasteiger partial charge in [0.05, 0.1) is 32.6 Å². The van der Waals surface area contributed by atoms with Gasteiger partial charge >= 0.3 is 0 Å². The van der Waals surface area contributed by atoms with Gasteiger partial charge < -0.3 is 19.9 Å². The summed E-state index contributed by atoms with van der Waals surface area (Å²) in [4.78, 5) is 8.41. The maximum atomic E-state index is 6.09. The van der Waals surface area contributed by atoms with Gasteiger partial charge in [0, 0.05) is 7.11 Å². The molecule has 1 heterocycles.